The van der Waals surface area contributed by atoms with Gasteiger partial charge in [0, 0.05) is 18.1 Å². The van der Waals surface area contributed by atoms with Crippen LogP contribution in [0.4, 0.5) is 5.82 Å². The minimum atomic E-state index is -0.284. The van der Waals surface area contributed by atoms with E-state index in [2.05, 4.69) is 21.4 Å². The van der Waals surface area contributed by atoms with E-state index in [1.807, 2.05) is 56.3 Å². The molecule has 2 heterocycles. The SMILES string of the molecule is Cc1ccc(C)c([C@H]2CC(=O)Nc3nc(SCc4ccccc4)[nH]c(=O)c32)c1. The summed E-state index contributed by atoms with van der Waals surface area (Å²) in [5.74, 6) is 0.668. The van der Waals surface area contributed by atoms with E-state index in [9.17, 15) is 9.59 Å². The first-order chi connectivity index (χ1) is 13.5. The van der Waals surface area contributed by atoms with E-state index >= 15 is 0 Å². The number of aryl methyl sites for hydroxylation is 2. The summed E-state index contributed by atoms with van der Waals surface area (Å²) in [6, 6.07) is 16.1. The van der Waals surface area contributed by atoms with Crippen molar-refractivity contribution in [1.82, 2.24) is 9.97 Å². The van der Waals surface area contributed by atoms with Crippen LogP contribution in [0.25, 0.3) is 0 Å². The van der Waals surface area contributed by atoms with Gasteiger partial charge in [0.25, 0.3) is 5.56 Å². The van der Waals surface area contributed by atoms with Gasteiger partial charge < -0.3 is 10.3 Å². The molecular weight excluding hydrogens is 370 g/mol. The molecule has 0 bridgehead atoms. The van der Waals surface area contributed by atoms with Crippen LogP contribution in [0.15, 0.2) is 58.5 Å². The van der Waals surface area contributed by atoms with Crippen LogP contribution < -0.4 is 10.9 Å². The smallest absolute Gasteiger partial charge is 0.257 e. The molecule has 28 heavy (non-hydrogen) atoms. The van der Waals surface area contributed by atoms with E-state index in [0.717, 1.165) is 22.3 Å². The topological polar surface area (TPSA) is 74.8 Å². The number of nitrogens with zero attached hydrogens (tertiary/aromatic N) is 1. The standard InChI is InChI=1S/C22H21N3O2S/c1-13-8-9-14(2)16(10-13)17-11-18(26)23-20-19(17)21(27)25-22(24-20)28-12-15-6-4-3-5-7-15/h3-10,17H,11-12H2,1-2H3,(H2,23,24,25,26,27)/t17-/m1/s1. The van der Waals surface area contributed by atoms with Crippen LogP contribution >= 0.6 is 11.8 Å². The Morgan fingerprint density at radius 3 is 2.68 bits per heavy atom. The molecule has 1 aliphatic heterocycles. The van der Waals surface area contributed by atoms with Crippen molar-refractivity contribution in [2.24, 2.45) is 0 Å². The molecule has 1 aliphatic rings. The van der Waals surface area contributed by atoms with Crippen molar-refractivity contribution < 1.29 is 4.79 Å². The lowest BCUT2D eigenvalue weighted by Crippen LogP contribution is -2.31. The van der Waals surface area contributed by atoms with Gasteiger partial charge in [0.15, 0.2) is 5.16 Å². The molecule has 0 unspecified atom stereocenters. The number of amides is 1. The van der Waals surface area contributed by atoms with Gasteiger partial charge in [-0.05, 0) is 30.5 Å². The molecule has 1 atom stereocenters. The molecule has 4 rings (SSSR count). The number of H-pyrrole nitrogens is 1. The Hall–Kier alpha value is -2.86. The number of hydrogen-bond donors (Lipinski definition) is 2. The maximum absolute atomic E-state index is 12.9. The van der Waals surface area contributed by atoms with E-state index in [-0.39, 0.29) is 23.8 Å². The first-order valence-electron chi connectivity index (χ1n) is 9.19. The van der Waals surface area contributed by atoms with Crippen molar-refractivity contribution in [3.05, 3.63) is 86.7 Å². The number of fused-ring (bicyclic) bond motifs is 1. The number of anilines is 1. The van der Waals surface area contributed by atoms with Crippen molar-refractivity contribution in [3.8, 4) is 0 Å². The number of rotatable bonds is 4. The van der Waals surface area contributed by atoms with E-state index in [1.165, 1.54) is 11.8 Å². The number of aromatic nitrogens is 2. The van der Waals surface area contributed by atoms with Gasteiger partial charge in [-0.1, -0.05) is 65.9 Å². The molecule has 142 valence electrons. The summed E-state index contributed by atoms with van der Waals surface area (Å²) in [6.45, 7) is 4.02. The van der Waals surface area contributed by atoms with Crippen molar-refractivity contribution in [2.45, 2.75) is 37.1 Å². The lowest BCUT2D eigenvalue weighted by atomic mass is 9.84. The third-order valence-electron chi connectivity index (χ3n) is 4.96. The molecule has 2 aromatic carbocycles. The Morgan fingerprint density at radius 1 is 1.11 bits per heavy atom. The van der Waals surface area contributed by atoms with Crippen LogP contribution in [-0.4, -0.2) is 15.9 Å². The molecular formula is C22H21N3O2S. The molecule has 1 aromatic heterocycles. The third-order valence-corrected chi connectivity index (χ3v) is 5.90. The maximum atomic E-state index is 12.9. The molecule has 1 amide bonds. The Bertz CT molecular complexity index is 1090. The zero-order chi connectivity index (χ0) is 19.7. The number of hydrogen-bond acceptors (Lipinski definition) is 4. The predicted octanol–water partition coefficient (Wildman–Crippen LogP) is 4.15. The average Bonchev–Trinajstić information content (AvgIpc) is 2.68. The Balaban J connectivity index is 1.70. The molecule has 0 radical (unpaired) electrons. The highest BCUT2D eigenvalue weighted by Crippen LogP contribution is 2.36. The van der Waals surface area contributed by atoms with Gasteiger partial charge in [-0.15, -0.1) is 0 Å². The Labute approximate surface area is 167 Å². The quantitative estimate of drug-likeness (QED) is 0.517. The minimum absolute atomic E-state index is 0.115. The normalized spacial score (nSPS) is 15.8. The summed E-state index contributed by atoms with van der Waals surface area (Å²) in [6.07, 6.45) is 0.249. The van der Waals surface area contributed by atoms with Crippen LogP contribution in [0, 0.1) is 13.8 Å². The lowest BCUT2D eigenvalue weighted by Gasteiger charge is -2.26. The van der Waals surface area contributed by atoms with E-state index < -0.39 is 0 Å². The second kappa shape index (κ2) is 7.64. The summed E-state index contributed by atoms with van der Waals surface area (Å²) in [5, 5.41) is 3.30. The second-order valence-corrected chi connectivity index (χ2v) is 8.04. The molecule has 0 fully saturated rings. The van der Waals surface area contributed by atoms with Gasteiger partial charge in [-0.25, -0.2) is 4.98 Å². The first kappa shape index (κ1) is 18.5. The summed E-state index contributed by atoms with van der Waals surface area (Å²) in [4.78, 5) is 32.7. The zero-order valence-electron chi connectivity index (χ0n) is 15.8. The average molecular weight is 391 g/mol. The van der Waals surface area contributed by atoms with E-state index in [0.29, 0.717) is 22.3 Å². The fourth-order valence-corrected chi connectivity index (χ4v) is 4.36. The highest BCUT2D eigenvalue weighted by Gasteiger charge is 2.31. The monoisotopic (exact) mass is 391 g/mol. The van der Waals surface area contributed by atoms with Crippen molar-refractivity contribution in [3.63, 3.8) is 0 Å². The fourth-order valence-electron chi connectivity index (χ4n) is 3.55. The van der Waals surface area contributed by atoms with Crippen LogP contribution in [-0.2, 0) is 10.5 Å². The highest BCUT2D eigenvalue weighted by molar-refractivity contribution is 7.98. The number of benzene rings is 2. The number of thioether (sulfide) groups is 1. The summed E-state index contributed by atoms with van der Waals surface area (Å²) in [5.41, 5.74) is 4.67. The summed E-state index contributed by atoms with van der Waals surface area (Å²) < 4.78 is 0. The van der Waals surface area contributed by atoms with Gasteiger partial charge in [0.05, 0.1) is 5.56 Å². The Morgan fingerprint density at radius 2 is 1.89 bits per heavy atom. The number of carbonyl (C=O) groups is 1. The molecule has 2 N–H and O–H groups in total. The summed E-state index contributed by atoms with van der Waals surface area (Å²) in [7, 11) is 0. The van der Waals surface area contributed by atoms with Gasteiger partial charge >= 0.3 is 0 Å². The van der Waals surface area contributed by atoms with Crippen molar-refractivity contribution in [1.29, 1.82) is 0 Å². The Kier molecular flexibility index (Phi) is 5.05. The molecule has 0 aliphatic carbocycles. The third kappa shape index (κ3) is 3.73. The molecule has 0 spiro atoms. The second-order valence-electron chi connectivity index (χ2n) is 7.07. The van der Waals surface area contributed by atoms with E-state index in [4.69, 9.17) is 0 Å². The van der Waals surface area contributed by atoms with Crippen LogP contribution in [0.5, 0.6) is 0 Å². The van der Waals surface area contributed by atoms with Gasteiger partial charge in [0.2, 0.25) is 5.91 Å². The van der Waals surface area contributed by atoms with Gasteiger partial charge in [-0.3, -0.25) is 9.59 Å². The number of nitrogens with one attached hydrogen (secondary N) is 2. The maximum Gasteiger partial charge on any atom is 0.257 e. The zero-order valence-corrected chi connectivity index (χ0v) is 16.6. The van der Waals surface area contributed by atoms with Gasteiger partial charge in [0.1, 0.15) is 5.82 Å². The number of aromatic amines is 1. The van der Waals surface area contributed by atoms with Gasteiger partial charge in [-0.2, -0.15) is 0 Å². The molecule has 0 saturated heterocycles. The predicted molar refractivity (Wildman–Crippen MR) is 112 cm³/mol. The highest BCUT2D eigenvalue weighted by atomic mass is 32.2. The lowest BCUT2D eigenvalue weighted by molar-refractivity contribution is -0.116. The molecule has 6 heteroatoms. The van der Waals surface area contributed by atoms with Crippen LogP contribution in [0.1, 0.15) is 40.2 Å². The van der Waals surface area contributed by atoms with Crippen molar-refractivity contribution >= 4 is 23.5 Å². The molecule has 0 saturated carbocycles. The largest absolute Gasteiger partial charge is 0.310 e. The molecule has 5 nitrogen and oxygen atoms in total. The van der Waals surface area contributed by atoms with E-state index in [1.54, 1.807) is 0 Å². The van der Waals surface area contributed by atoms with Crippen molar-refractivity contribution in [2.75, 3.05) is 5.32 Å². The molecule has 3 aromatic rings. The summed E-state index contributed by atoms with van der Waals surface area (Å²) >= 11 is 1.45. The fraction of sp³-hybridized carbons (Fsp3) is 0.227. The number of carbonyl (C=O) groups excluding carboxylic acids is 1. The van der Waals surface area contributed by atoms with Crippen LogP contribution in [0.3, 0.4) is 0 Å². The first-order valence-corrected chi connectivity index (χ1v) is 10.2. The minimum Gasteiger partial charge on any atom is -0.310 e. The van der Waals surface area contributed by atoms with Crippen LogP contribution in [0.2, 0.25) is 0 Å².